The van der Waals surface area contributed by atoms with E-state index in [0.717, 1.165) is 10.2 Å². The zero-order valence-electron chi connectivity index (χ0n) is 13.5. The van der Waals surface area contributed by atoms with Crippen LogP contribution < -0.4 is 10.1 Å². The fourth-order valence-corrected chi connectivity index (χ4v) is 4.35. The standard InChI is InChI=1S/C17H14N4O2S3/c1-2-8-21-12-5-3-4-6-13(12)26-17(21)20-15(23)11-24-10-14(22)19-16-18-7-9-25-16/h1,3-7,9H,8,10-11H2,(H,18,19,22). The van der Waals surface area contributed by atoms with Gasteiger partial charge in [0.2, 0.25) is 5.91 Å². The zero-order chi connectivity index (χ0) is 18.4. The lowest BCUT2D eigenvalue weighted by molar-refractivity contribution is -0.115. The molecular formula is C17H14N4O2S3. The molecule has 0 atom stereocenters. The van der Waals surface area contributed by atoms with Gasteiger partial charge in [0, 0.05) is 11.6 Å². The fraction of sp³-hybridized carbons (Fsp3) is 0.176. The van der Waals surface area contributed by atoms with Crippen LogP contribution in [0.25, 0.3) is 10.2 Å². The molecule has 0 saturated heterocycles. The molecule has 2 heterocycles. The van der Waals surface area contributed by atoms with Gasteiger partial charge in [0.1, 0.15) is 0 Å². The van der Waals surface area contributed by atoms with Crippen LogP contribution in [0.15, 0.2) is 40.8 Å². The van der Waals surface area contributed by atoms with Crippen LogP contribution >= 0.6 is 34.4 Å². The minimum absolute atomic E-state index is 0.121. The third kappa shape index (κ3) is 4.60. The number of nitrogens with zero attached hydrogens (tertiary/aromatic N) is 3. The van der Waals surface area contributed by atoms with Crippen molar-refractivity contribution in [3.8, 4) is 12.3 Å². The Morgan fingerprint density at radius 3 is 2.96 bits per heavy atom. The number of thiazole rings is 2. The molecule has 0 aliphatic rings. The average molecular weight is 403 g/mol. The molecule has 0 radical (unpaired) electrons. The normalized spacial score (nSPS) is 11.4. The molecule has 2 aromatic heterocycles. The van der Waals surface area contributed by atoms with Gasteiger partial charge in [-0.15, -0.1) is 29.5 Å². The molecule has 0 aliphatic heterocycles. The van der Waals surface area contributed by atoms with Gasteiger partial charge >= 0.3 is 0 Å². The Morgan fingerprint density at radius 1 is 1.35 bits per heavy atom. The third-order valence-electron chi connectivity index (χ3n) is 3.20. The van der Waals surface area contributed by atoms with Crippen LogP contribution in [0.3, 0.4) is 0 Å². The van der Waals surface area contributed by atoms with Crippen molar-refractivity contribution in [3.63, 3.8) is 0 Å². The highest BCUT2D eigenvalue weighted by Gasteiger charge is 2.09. The number of carbonyl (C=O) groups is 2. The van der Waals surface area contributed by atoms with Crippen LogP contribution in [0.5, 0.6) is 0 Å². The van der Waals surface area contributed by atoms with E-state index in [2.05, 4.69) is 21.2 Å². The number of benzene rings is 1. The molecule has 1 N–H and O–H groups in total. The number of thioether (sulfide) groups is 1. The second-order valence-electron chi connectivity index (χ2n) is 5.03. The molecular weight excluding hydrogens is 388 g/mol. The molecule has 6 nitrogen and oxygen atoms in total. The highest BCUT2D eigenvalue weighted by molar-refractivity contribution is 8.00. The Kier molecular flexibility index (Phi) is 6.22. The van der Waals surface area contributed by atoms with Crippen molar-refractivity contribution in [1.82, 2.24) is 9.55 Å². The van der Waals surface area contributed by atoms with Crippen LogP contribution in [0.4, 0.5) is 5.13 Å². The number of anilines is 1. The van der Waals surface area contributed by atoms with E-state index in [1.165, 1.54) is 34.4 Å². The predicted octanol–water partition coefficient (Wildman–Crippen LogP) is 2.59. The van der Waals surface area contributed by atoms with E-state index in [1.807, 2.05) is 28.8 Å². The SMILES string of the molecule is C#CCn1c(=NC(=O)CSCC(=O)Nc2nccs2)sc2ccccc21. The van der Waals surface area contributed by atoms with Gasteiger partial charge in [-0.05, 0) is 12.1 Å². The van der Waals surface area contributed by atoms with Crippen molar-refractivity contribution >= 4 is 61.6 Å². The molecule has 1 aromatic carbocycles. The average Bonchev–Trinajstić information content (AvgIpc) is 3.24. The van der Waals surface area contributed by atoms with Gasteiger partial charge in [0.25, 0.3) is 5.91 Å². The maximum Gasteiger partial charge on any atom is 0.258 e. The lowest BCUT2D eigenvalue weighted by Gasteiger charge is -2.00. The smallest absolute Gasteiger partial charge is 0.258 e. The van der Waals surface area contributed by atoms with Gasteiger partial charge < -0.3 is 9.88 Å². The van der Waals surface area contributed by atoms with Gasteiger partial charge in [-0.3, -0.25) is 9.59 Å². The minimum Gasteiger partial charge on any atom is -0.305 e. The zero-order valence-corrected chi connectivity index (χ0v) is 16.0. The maximum atomic E-state index is 12.2. The summed E-state index contributed by atoms with van der Waals surface area (Å²) in [5, 5.41) is 5.00. The largest absolute Gasteiger partial charge is 0.305 e. The van der Waals surface area contributed by atoms with Crippen molar-refractivity contribution < 1.29 is 9.59 Å². The Bertz CT molecular complexity index is 1030. The Labute approximate surface area is 162 Å². The predicted molar refractivity (Wildman–Crippen MR) is 107 cm³/mol. The first-order valence-electron chi connectivity index (χ1n) is 7.54. The topological polar surface area (TPSA) is 76.3 Å². The number of hydrogen-bond acceptors (Lipinski definition) is 6. The molecule has 0 fully saturated rings. The number of aromatic nitrogens is 2. The monoisotopic (exact) mass is 402 g/mol. The fourth-order valence-electron chi connectivity index (χ4n) is 2.16. The second kappa shape index (κ2) is 8.80. The summed E-state index contributed by atoms with van der Waals surface area (Å²) in [6, 6.07) is 7.77. The van der Waals surface area contributed by atoms with Crippen molar-refractivity contribution in [2.75, 3.05) is 16.8 Å². The number of amides is 2. The summed E-state index contributed by atoms with van der Waals surface area (Å²) in [6.45, 7) is 0.347. The number of nitrogens with one attached hydrogen (secondary N) is 1. The second-order valence-corrected chi connectivity index (χ2v) is 7.92. The molecule has 0 unspecified atom stereocenters. The highest BCUT2D eigenvalue weighted by Crippen LogP contribution is 2.16. The van der Waals surface area contributed by atoms with Crippen LogP contribution in [0.2, 0.25) is 0 Å². The number of para-hydroxylation sites is 1. The number of terminal acetylenes is 1. The first-order chi connectivity index (χ1) is 12.7. The van der Waals surface area contributed by atoms with Crippen molar-refractivity contribution in [3.05, 3.63) is 40.6 Å². The van der Waals surface area contributed by atoms with E-state index < -0.39 is 0 Å². The van der Waals surface area contributed by atoms with Gasteiger partial charge in [-0.2, -0.15) is 4.99 Å². The molecule has 9 heteroatoms. The molecule has 26 heavy (non-hydrogen) atoms. The van der Waals surface area contributed by atoms with E-state index >= 15 is 0 Å². The molecule has 3 aromatic rings. The summed E-state index contributed by atoms with van der Waals surface area (Å²) in [5.74, 6) is 2.39. The Morgan fingerprint density at radius 2 is 2.19 bits per heavy atom. The summed E-state index contributed by atoms with van der Waals surface area (Å²) in [5.41, 5.74) is 0.956. The molecule has 2 amide bonds. The summed E-state index contributed by atoms with van der Waals surface area (Å²) in [4.78, 5) is 32.7. The van der Waals surface area contributed by atoms with Crippen molar-refractivity contribution in [1.29, 1.82) is 0 Å². The quantitative estimate of drug-likeness (QED) is 0.643. The van der Waals surface area contributed by atoms with E-state index in [4.69, 9.17) is 6.42 Å². The molecule has 0 aliphatic carbocycles. The summed E-state index contributed by atoms with van der Waals surface area (Å²) >= 11 is 3.98. The highest BCUT2D eigenvalue weighted by atomic mass is 32.2. The van der Waals surface area contributed by atoms with Gasteiger partial charge in [-0.1, -0.05) is 29.4 Å². The van der Waals surface area contributed by atoms with E-state index in [0.29, 0.717) is 16.5 Å². The maximum absolute atomic E-state index is 12.2. The Hall–Kier alpha value is -2.41. The minimum atomic E-state index is -0.297. The molecule has 0 saturated carbocycles. The van der Waals surface area contributed by atoms with Crippen LogP contribution in [0.1, 0.15) is 0 Å². The number of carbonyl (C=O) groups excluding carboxylic acids is 2. The third-order valence-corrected chi connectivity index (χ3v) is 5.86. The molecule has 0 spiro atoms. The lowest BCUT2D eigenvalue weighted by Crippen LogP contribution is -2.18. The van der Waals surface area contributed by atoms with E-state index in [9.17, 15) is 9.59 Å². The summed E-state index contributed by atoms with van der Waals surface area (Å²) in [6.07, 6.45) is 7.05. The van der Waals surface area contributed by atoms with E-state index in [1.54, 1.807) is 11.6 Å². The van der Waals surface area contributed by atoms with E-state index in [-0.39, 0.29) is 23.3 Å². The van der Waals surface area contributed by atoms with Crippen molar-refractivity contribution in [2.45, 2.75) is 6.54 Å². The van der Waals surface area contributed by atoms with Gasteiger partial charge in [0.05, 0.1) is 28.3 Å². The first kappa shape index (κ1) is 18.4. The lowest BCUT2D eigenvalue weighted by atomic mass is 10.3. The van der Waals surface area contributed by atoms with Crippen LogP contribution in [0, 0.1) is 12.3 Å². The first-order valence-corrected chi connectivity index (χ1v) is 10.4. The summed E-state index contributed by atoms with van der Waals surface area (Å²) in [7, 11) is 0. The summed E-state index contributed by atoms with van der Waals surface area (Å²) < 4.78 is 2.86. The van der Waals surface area contributed by atoms with Gasteiger partial charge in [0.15, 0.2) is 9.93 Å². The molecule has 3 rings (SSSR count). The molecule has 132 valence electrons. The Balaban J connectivity index is 1.63. The number of fused-ring (bicyclic) bond motifs is 1. The van der Waals surface area contributed by atoms with Gasteiger partial charge in [-0.25, -0.2) is 4.98 Å². The number of rotatable bonds is 6. The number of hydrogen-bond donors (Lipinski definition) is 1. The van der Waals surface area contributed by atoms with Crippen LogP contribution in [-0.2, 0) is 16.1 Å². The van der Waals surface area contributed by atoms with Crippen molar-refractivity contribution in [2.24, 2.45) is 4.99 Å². The van der Waals surface area contributed by atoms with Crippen LogP contribution in [-0.4, -0.2) is 32.9 Å². The molecule has 0 bridgehead atoms.